The van der Waals surface area contributed by atoms with Gasteiger partial charge in [-0.3, -0.25) is 0 Å². The third-order valence-electron chi connectivity index (χ3n) is 4.05. The quantitative estimate of drug-likeness (QED) is 0.164. The molecule has 0 amide bonds. The zero-order chi connectivity index (χ0) is 20.9. The SMILES string of the molecule is CCOC(=O)/C=C/C=C/c1cc(C(C)C)c(OCOCCOC)c(C(C)C)c1. The van der Waals surface area contributed by atoms with Gasteiger partial charge in [0.1, 0.15) is 5.75 Å². The second-order valence-electron chi connectivity index (χ2n) is 6.97. The molecule has 0 heterocycles. The smallest absolute Gasteiger partial charge is 0.330 e. The maximum atomic E-state index is 11.4. The topological polar surface area (TPSA) is 54.0 Å². The van der Waals surface area contributed by atoms with Crippen molar-refractivity contribution in [2.45, 2.75) is 46.5 Å². The highest BCUT2D eigenvalue weighted by Crippen LogP contribution is 2.36. The Balaban J connectivity index is 3.03. The van der Waals surface area contributed by atoms with E-state index in [0.717, 1.165) is 22.4 Å². The number of hydrogen-bond acceptors (Lipinski definition) is 5. The van der Waals surface area contributed by atoms with Crippen LogP contribution >= 0.6 is 0 Å². The summed E-state index contributed by atoms with van der Waals surface area (Å²) >= 11 is 0. The summed E-state index contributed by atoms with van der Waals surface area (Å²) in [5.74, 6) is 1.15. The summed E-state index contributed by atoms with van der Waals surface area (Å²) < 4.78 is 21.3. The second kappa shape index (κ2) is 13.1. The summed E-state index contributed by atoms with van der Waals surface area (Å²) in [6.45, 7) is 12.0. The van der Waals surface area contributed by atoms with Crippen LogP contribution in [0, 0.1) is 0 Å². The van der Waals surface area contributed by atoms with E-state index in [1.807, 2.05) is 12.2 Å². The molecule has 28 heavy (non-hydrogen) atoms. The number of esters is 1. The number of ether oxygens (including phenoxy) is 4. The molecule has 0 N–H and O–H groups in total. The molecular weight excluding hydrogens is 356 g/mol. The van der Waals surface area contributed by atoms with Crippen LogP contribution in [0.1, 0.15) is 63.1 Å². The molecule has 5 nitrogen and oxygen atoms in total. The first-order chi connectivity index (χ1) is 13.4. The van der Waals surface area contributed by atoms with E-state index in [9.17, 15) is 4.79 Å². The van der Waals surface area contributed by atoms with Crippen LogP contribution in [0.15, 0.2) is 30.4 Å². The summed E-state index contributed by atoms with van der Waals surface area (Å²) in [7, 11) is 1.64. The zero-order valence-electron chi connectivity index (χ0n) is 18.0. The molecular formula is C23H34O5. The Bertz CT molecular complexity index is 630. The Hall–Kier alpha value is -2.11. The fraction of sp³-hybridized carbons (Fsp3) is 0.522. The van der Waals surface area contributed by atoms with Crippen LogP contribution in [-0.4, -0.2) is 39.7 Å². The first kappa shape index (κ1) is 23.9. The van der Waals surface area contributed by atoms with Crippen molar-refractivity contribution in [3.8, 4) is 5.75 Å². The Morgan fingerprint density at radius 2 is 1.68 bits per heavy atom. The predicted molar refractivity (Wildman–Crippen MR) is 113 cm³/mol. The van der Waals surface area contributed by atoms with Crippen molar-refractivity contribution < 1.29 is 23.7 Å². The lowest BCUT2D eigenvalue weighted by atomic mass is 9.91. The molecule has 0 atom stereocenters. The van der Waals surface area contributed by atoms with Gasteiger partial charge in [-0.25, -0.2) is 4.79 Å². The van der Waals surface area contributed by atoms with Crippen LogP contribution in [0.25, 0.3) is 6.08 Å². The monoisotopic (exact) mass is 390 g/mol. The average molecular weight is 391 g/mol. The van der Waals surface area contributed by atoms with Gasteiger partial charge in [-0.05, 0) is 47.6 Å². The number of hydrogen-bond donors (Lipinski definition) is 0. The maximum absolute atomic E-state index is 11.4. The lowest BCUT2D eigenvalue weighted by Crippen LogP contribution is -2.11. The van der Waals surface area contributed by atoms with Gasteiger partial charge >= 0.3 is 5.97 Å². The van der Waals surface area contributed by atoms with Crippen molar-refractivity contribution in [2.75, 3.05) is 33.7 Å². The lowest BCUT2D eigenvalue weighted by Gasteiger charge is -2.21. The van der Waals surface area contributed by atoms with Gasteiger partial charge in [-0.1, -0.05) is 45.9 Å². The molecule has 5 heteroatoms. The number of methoxy groups -OCH3 is 1. The molecule has 0 radical (unpaired) electrons. The van der Waals surface area contributed by atoms with Crippen molar-refractivity contribution in [3.63, 3.8) is 0 Å². The average Bonchev–Trinajstić information content (AvgIpc) is 2.65. The highest BCUT2D eigenvalue weighted by atomic mass is 16.7. The Kier molecular flexibility index (Phi) is 11.2. The molecule has 0 bridgehead atoms. The summed E-state index contributed by atoms with van der Waals surface area (Å²) in [5, 5.41) is 0. The van der Waals surface area contributed by atoms with Crippen LogP contribution in [0.3, 0.4) is 0 Å². The molecule has 156 valence electrons. The van der Waals surface area contributed by atoms with E-state index in [-0.39, 0.29) is 12.8 Å². The third-order valence-corrected chi connectivity index (χ3v) is 4.05. The van der Waals surface area contributed by atoms with Gasteiger partial charge < -0.3 is 18.9 Å². The van der Waals surface area contributed by atoms with Gasteiger partial charge in [0.05, 0.1) is 19.8 Å². The second-order valence-corrected chi connectivity index (χ2v) is 6.97. The first-order valence-corrected chi connectivity index (χ1v) is 9.79. The van der Waals surface area contributed by atoms with E-state index in [1.165, 1.54) is 6.08 Å². The summed E-state index contributed by atoms with van der Waals surface area (Å²) in [4.78, 5) is 11.4. The molecule has 0 saturated carbocycles. The van der Waals surface area contributed by atoms with Gasteiger partial charge in [0.2, 0.25) is 0 Å². The molecule has 0 aliphatic carbocycles. The van der Waals surface area contributed by atoms with E-state index in [1.54, 1.807) is 20.1 Å². The number of benzene rings is 1. The minimum absolute atomic E-state index is 0.195. The van der Waals surface area contributed by atoms with Gasteiger partial charge in [-0.2, -0.15) is 0 Å². The Morgan fingerprint density at radius 1 is 1.04 bits per heavy atom. The van der Waals surface area contributed by atoms with Crippen molar-refractivity contribution in [3.05, 3.63) is 47.1 Å². The van der Waals surface area contributed by atoms with Crippen LogP contribution in [-0.2, 0) is 19.0 Å². The van der Waals surface area contributed by atoms with E-state index in [2.05, 4.69) is 39.8 Å². The van der Waals surface area contributed by atoms with Crippen LogP contribution in [0.5, 0.6) is 5.75 Å². The van der Waals surface area contributed by atoms with Gasteiger partial charge in [0, 0.05) is 13.2 Å². The molecule has 0 aliphatic heterocycles. The number of carbonyl (C=O) groups is 1. The van der Waals surface area contributed by atoms with Gasteiger partial charge in [0.15, 0.2) is 6.79 Å². The highest BCUT2D eigenvalue weighted by Gasteiger charge is 2.17. The van der Waals surface area contributed by atoms with Crippen LogP contribution in [0.4, 0.5) is 0 Å². The minimum atomic E-state index is -0.338. The normalized spacial score (nSPS) is 11.9. The molecule has 0 aromatic heterocycles. The number of allylic oxidation sites excluding steroid dienone is 2. The first-order valence-electron chi connectivity index (χ1n) is 9.79. The number of carbonyl (C=O) groups excluding carboxylic acids is 1. The van der Waals surface area contributed by atoms with E-state index >= 15 is 0 Å². The molecule has 1 rings (SSSR count). The largest absolute Gasteiger partial charge is 0.467 e. The van der Waals surface area contributed by atoms with Crippen LogP contribution in [0.2, 0.25) is 0 Å². The van der Waals surface area contributed by atoms with Crippen molar-refractivity contribution in [1.82, 2.24) is 0 Å². The molecule has 0 spiro atoms. The zero-order valence-corrected chi connectivity index (χ0v) is 18.0. The molecule has 1 aromatic rings. The maximum Gasteiger partial charge on any atom is 0.330 e. The molecule has 1 aromatic carbocycles. The third kappa shape index (κ3) is 8.28. The number of rotatable bonds is 12. The minimum Gasteiger partial charge on any atom is -0.467 e. The van der Waals surface area contributed by atoms with Crippen molar-refractivity contribution >= 4 is 12.0 Å². The fourth-order valence-electron chi connectivity index (χ4n) is 2.61. The fourth-order valence-corrected chi connectivity index (χ4v) is 2.61. The van der Waals surface area contributed by atoms with Gasteiger partial charge in [0.25, 0.3) is 0 Å². The molecule has 0 unspecified atom stereocenters. The molecule has 0 aliphatic rings. The summed E-state index contributed by atoms with van der Waals surface area (Å²) in [6, 6.07) is 4.24. The van der Waals surface area contributed by atoms with Crippen LogP contribution < -0.4 is 4.74 Å². The summed E-state index contributed by atoms with van der Waals surface area (Å²) in [5.41, 5.74) is 3.33. The Labute approximate surface area is 169 Å². The molecule has 0 saturated heterocycles. The Morgan fingerprint density at radius 3 is 2.21 bits per heavy atom. The van der Waals surface area contributed by atoms with Crippen molar-refractivity contribution in [2.24, 2.45) is 0 Å². The molecule has 0 fully saturated rings. The van der Waals surface area contributed by atoms with E-state index < -0.39 is 0 Å². The lowest BCUT2D eigenvalue weighted by molar-refractivity contribution is -0.137. The standard InChI is InChI=1S/C23H34O5/c1-7-27-22(24)11-9-8-10-19-14-20(17(2)3)23(21(15-19)18(4)5)28-16-26-13-12-25-6/h8-11,14-15,17-18H,7,12-13,16H2,1-6H3/b10-8+,11-9+. The predicted octanol–water partition coefficient (Wildman–Crippen LogP) is 5.07. The van der Waals surface area contributed by atoms with Gasteiger partial charge in [-0.15, -0.1) is 0 Å². The summed E-state index contributed by atoms with van der Waals surface area (Å²) in [6.07, 6.45) is 6.93. The van der Waals surface area contributed by atoms with E-state index in [0.29, 0.717) is 31.7 Å². The highest BCUT2D eigenvalue weighted by molar-refractivity contribution is 5.82. The van der Waals surface area contributed by atoms with Crippen molar-refractivity contribution in [1.29, 1.82) is 0 Å². The van der Waals surface area contributed by atoms with E-state index in [4.69, 9.17) is 18.9 Å².